The van der Waals surface area contributed by atoms with E-state index in [1.54, 1.807) is 53.4 Å². The number of sulfonamides is 1. The number of carbonyl (C=O) groups excluding carboxylic acids is 1. The summed E-state index contributed by atoms with van der Waals surface area (Å²) in [5.41, 5.74) is 1.22. The Balaban J connectivity index is 2.27. The molecule has 2 aromatic carbocycles. The molecule has 5 nitrogen and oxygen atoms in total. The van der Waals surface area contributed by atoms with Crippen LogP contribution < -0.4 is 4.72 Å². The van der Waals surface area contributed by atoms with Crippen LogP contribution in [-0.4, -0.2) is 32.3 Å². The molecule has 140 valence electrons. The van der Waals surface area contributed by atoms with E-state index < -0.39 is 16.1 Å². The molecule has 0 aliphatic heterocycles. The summed E-state index contributed by atoms with van der Waals surface area (Å²) in [4.78, 5) is 14.5. The number of hydrogen-bond donors (Lipinski definition) is 1. The van der Waals surface area contributed by atoms with Gasteiger partial charge in [0.15, 0.2) is 0 Å². The van der Waals surface area contributed by atoms with Gasteiger partial charge in [0, 0.05) is 18.1 Å². The van der Waals surface area contributed by atoms with Crippen molar-refractivity contribution in [2.75, 3.05) is 13.1 Å². The summed E-state index contributed by atoms with van der Waals surface area (Å²) in [6, 6.07) is 14.5. The molecule has 1 atom stereocenters. The van der Waals surface area contributed by atoms with Crippen LogP contribution >= 0.6 is 11.6 Å². The average molecular weight is 395 g/mol. The molecule has 1 N–H and O–H groups in total. The van der Waals surface area contributed by atoms with Crippen molar-refractivity contribution in [1.29, 1.82) is 0 Å². The first kappa shape index (κ1) is 20.4. The predicted octanol–water partition coefficient (Wildman–Crippen LogP) is 3.37. The number of carbonyl (C=O) groups is 1. The lowest BCUT2D eigenvalue weighted by Crippen LogP contribution is -2.43. The lowest BCUT2D eigenvalue weighted by Gasteiger charge is -2.26. The van der Waals surface area contributed by atoms with Gasteiger partial charge in [-0.2, -0.15) is 4.72 Å². The molecule has 0 saturated carbocycles. The zero-order valence-corrected chi connectivity index (χ0v) is 16.4. The summed E-state index contributed by atoms with van der Waals surface area (Å²) in [6.45, 7) is 4.76. The topological polar surface area (TPSA) is 66.5 Å². The van der Waals surface area contributed by atoms with Crippen LogP contribution in [-0.2, 0) is 20.6 Å². The second-order valence-electron chi connectivity index (χ2n) is 5.86. The third kappa shape index (κ3) is 5.56. The molecule has 0 aliphatic carbocycles. The summed E-state index contributed by atoms with van der Waals surface area (Å²) in [6.07, 6.45) is 0. The Labute approximate surface area is 160 Å². The molecule has 2 aromatic rings. The van der Waals surface area contributed by atoms with Gasteiger partial charge in [0.25, 0.3) is 0 Å². The van der Waals surface area contributed by atoms with Crippen LogP contribution in [0.2, 0.25) is 5.02 Å². The first-order valence-corrected chi connectivity index (χ1v) is 10.5. The summed E-state index contributed by atoms with van der Waals surface area (Å²) in [5.74, 6) is -0.486. The van der Waals surface area contributed by atoms with E-state index in [1.165, 1.54) is 0 Å². The van der Waals surface area contributed by atoms with Gasteiger partial charge in [0.05, 0.1) is 5.75 Å². The molecule has 0 heterocycles. The van der Waals surface area contributed by atoms with E-state index in [9.17, 15) is 13.2 Å². The van der Waals surface area contributed by atoms with Crippen LogP contribution in [0, 0.1) is 0 Å². The number of nitrogens with zero attached hydrogens (tertiary/aromatic N) is 1. The minimum Gasteiger partial charge on any atom is -0.342 e. The quantitative estimate of drug-likeness (QED) is 0.746. The fraction of sp³-hybridized carbons (Fsp3) is 0.316. The first-order valence-electron chi connectivity index (χ1n) is 8.44. The fourth-order valence-corrected chi connectivity index (χ4v) is 4.08. The number of likely N-dealkylation sites (N-methyl/N-ethyl adjacent to an activating group) is 1. The highest BCUT2D eigenvalue weighted by Gasteiger charge is 2.28. The highest BCUT2D eigenvalue weighted by molar-refractivity contribution is 7.88. The monoisotopic (exact) mass is 394 g/mol. The van der Waals surface area contributed by atoms with E-state index in [0.717, 1.165) is 0 Å². The van der Waals surface area contributed by atoms with E-state index in [1.807, 2.05) is 19.9 Å². The molecule has 26 heavy (non-hydrogen) atoms. The number of nitrogens with one attached hydrogen (secondary N) is 1. The van der Waals surface area contributed by atoms with Crippen molar-refractivity contribution < 1.29 is 13.2 Å². The molecule has 0 fully saturated rings. The summed E-state index contributed by atoms with van der Waals surface area (Å²) >= 11 is 5.84. The maximum absolute atomic E-state index is 12.9. The van der Waals surface area contributed by atoms with Gasteiger partial charge in [-0.05, 0) is 37.1 Å². The number of halogens is 1. The average Bonchev–Trinajstić information content (AvgIpc) is 2.63. The third-order valence-corrected chi connectivity index (χ3v) is 5.58. The van der Waals surface area contributed by atoms with Crippen LogP contribution in [0.4, 0.5) is 0 Å². The maximum Gasteiger partial charge on any atom is 0.245 e. The zero-order chi connectivity index (χ0) is 19.2. The molecular weight excluding hydrogens is 372 g/mol. The number of rotatable bonds is 8. The van der Waals surface area contributed by atoms with Crippen LogP contribution in [0.25, 0.3) is 0 Å². The van der Waals surface area contributed by atoms with Crippen molar-refractivity contribution in [3.63, 3.8) is 0 Å². The second-order valence-corrected chi connectivity index (χ2v) is 8.05. The van der Waals surface area contributed by atoms with E-state index in [0.29, 0.717) is 29.2 Å². The van der Waals surface area contributed by atoms with Gasteiger partial charge in [-0.3, -0.25) is 4.79 Å². The highest BCUT2D eigenvalue weighted by Crippen LogP contribution is 2.19. The van der Waals surface area contributed by atoms with Crippen molar-refractivity contribution in [2.24, 2.45) is 0 Å². The van der Waals surface area contributed by atoms with Crippen LogP contribution in [0.1, 0.15) is 31.0 Å². The summed E-state index contributed by atoms with van der Waals surface area (Å²) < 4.78 is 27.9. The molecule has 0 aromatic heterocycles. The van der Waals surface area contributed by atoms with E-state index in [2.05, 4.69) is 4.72 Å². The van der Waals surface area contributed by atoms with Crippen LogP contribution in [0.5, 0.6) is 0 Å². The molecule has 0 bridgehead atoms. The Morgan fingerprint density at radius 1 is 1.04 bits per heavy atom. The minimum absolute atomic E-state index is 0.223. The lowest BCUT2D eigenvalue weighted by atomic mass is 10.1. The third-order valence-electron chi connectivity index (χ3n) is 4.02. The highest BCUT2D eigenvalue weighted by atomic mass is 35.5. The molecule has 0 unspecified atom stereocenters. The van der Waals surface area contributed by atoms with Crippen molar-refractivity contribution in [3.8, 4) is 0 Å². The Bertz CT molecular complexity index is 820. The van der Waals surface area contributed by atoms with Crippen molar-refractivity contribution in [3.05, 3.63) is 70.7 Å². The molecule has 2 rings (SSSR count). The van der Waals surface area contributed by atoms with Gasteiger partial charge < -0.3 is 4.90 Å². The summed E-state index contributed by atoms with van der Waals surface area (Å²) in [7, 11) is -3.73. The number of amides is 1. The van der Waals surface area contributed by atoms with Gasteiger partial charge in [-0.25, -0.2) is 8.42 Å². The smallest absolute Gasteiger partial charge is 0.245 e. The van der Waals surface area contributed by atoms with E-state index >= 15 is 0 Å². The molecule has 1 amide bonds. The van der Waals surface area contributed by atoms with E-state index in [4.69, 9.17) is 11.6 Å². The zero-order valence-electron chi connectivity index (χ0n) is 14.9. The van der Waals surface area contributed by atoms with Crippen molar-refractivity contribution in [1.82, 2.24) is 9.62 Å². The molecule has 0 radical (unpaired) electrons. The Morgan fingerprint density at radius 2 is 1.62 bits per heavy atom. The van der Waals surface area contributed by atoms with Crippen molar-refractivity contribution in [2.45, 2.75) is 25.6 Å². The number of hydrogen-bond acceptors (Lipinski definition) is 3. The molecule has 0 spiro atoms. The maximum atomic E-state index is 12.9. The van der Waals surface area contributed by atoms with E-state index in [-0.39, 0.29) is 11.7 Å². The van der Waals surface area contributed by atoms with Gasteiger partial charge in [-0.1, -0.05) is 54.1 Å². The molecule has 0 aliphatic rings. The second kappa shape index (κ2) is 9.16. The Kier molecular flexibility index (Phi) is 7.20. The first-order chi connectivity index (χ1) is 12.4. The van der Waals surface area contributed by atoms with Gasteiger partial charge in [0.1, 0.15) is 6.04 Å². The Hall–Kier alpha value is -1.89. The largest absolute Gasteiger partial charge is 0.342 e. The molecule has 0 saturated heterocycles. The van der Waals surface area contributed by atoms with Gasteiger partial charge >= 0.3 is 0 Å². The lowest BCUT2D eigenvalue weighted by molar-refractivity contribution is -0.132. The van der Waals surface area contributed by atoms with Gasteiger partial charge in [-0.15, -0.1) is 0 Å². The standard InChI is InChI=1S/C19H23ClN2O3S/c1-3-22(4-2)19(23)18(16-8-6-5-7-9-16)21-26(24,25)14-15-10-12-17(20)13-11-15/h5-13,18,21H,3-4,14H2,1-2H3/t18-/m0/s1. The van der Waals surface area contributed by atoms with Gasteiger partial charge in [0.2, 0.25) is 15.9 Å². The van der Waals surface area contributed by atoms with Crippen molar-refractivity contribution >= 4 is 27.5 Å². The van der Waals surface area contributed by atoms with Crippen LogP contribution in [0.15, 0.2) is 54.6 Å². The fourth-order valence-electron chi connectivity index (χ4n) is 2.65. The normalized spacial score (nSPS) is 12.6. The molecular formula is C19H23ClN2O3S. The summed E-state index contributed by atoms with van der Waals surface area (Å²) in [5, 5.41) is 0.540. The Morgan fingerprint density at radius 3 is 2.15 bits per heavy atom. The molecule has 7 heteroatoms. The predicted molar refractivity (Wildman–Crippen MR) is 104 cm³/mol. The number of benzene rings is 2. The SMILES string of the molecule is CCN(CC)C(=O)[C@@H](NS(=O)(=O)Cc1ccc(Cl)cc1)c1ccccc1. The minimum atomic E-state index is -3.73. The van der Waals surface area contributed by atoms with Crippen LogP contribution in [0.3, 0.4) is 0 Å².